The van der Waals surface area contributed by atoms with Gasteiger partial charge in [-0.05, 0) is 38.5 Å². The summed E-state index contributed by atoms with van der Waals surface area (Å²) in [5, 5.41) is 18.6. The van der Waals surface area contributed by atoms with Crippen LogP contribution in [0.5, 0.6) is 0 Å². The zero-order valence-electron chi connectivity index (χ0n) is 13.5. The summed E-state index contributed by atoms with van der Waals surface area (Å²) in [6.07, 6.45) is 3.63. The van der Waals surface area contributed by atoms with Gasteiger partial charge in [-0.25, -0.2) is 4.79 Å². The van der Waals surface area contributed by atoms with E-state index in [-0.39, 0.29) is 30.6 Å². The van der Waals surface area contributed by atoms with E-state index in [1.165, 1.54) is 0 Å². The summed E-state index contributed by atoms with van der Waals surface area (Å²) >= 11 is 0. The highest BCUT2D eigenvalue weighted by Crippen LogP contribution is 2.38. The lowest BCUT2D eigenvalue weighted by atomic mass is 10.0. The molecule has 2 atom stereocenters. The van der Waals surface area contributed by atoms with Crippen LogP contribution in [0.3, 0.4) is 0 Å². The second-order valence-electron chi connectivity index (χ2n) is 6.37. The van der Waals surface area contributed by atoms with Gasteiger partial charge in [0.05, 0.1) is 0 Å². The van der Waals surface area contributed by atoms with E-state index in [0.29, 0.717) is 18.2 Å². The van der Waals surface area contributed by atoms with E-state index < -0.39 is 0 Å². The lowest BCUT2D eigenvalue weighted by molar-refractivity contribution is 0.219. The van der Waals surface area contributed by atoms with Crippen molar-refractivity contribution in [2.75, 3.05) is 6.61 Å². The molecule has 124 valence electrons. The maximum absolute atomic E-state index is 12.1. The average Bonchev–Trinajstić information content (AvgIpc) is 3.20. The predicted octanol–water partition coefficient (Wildman–Crippen LogP) is 2.10. The molecule has 1 saturated carbocycles. The second kappa shape index (κ2) is 7.58. The van der Waals surface area contributed by atoms with Crippen LogP contribution in [-0.2, 0) is 0 Å². The Balaban J connectivity index is 1.91. The molecule has 22 heavy (non-hydrogen) atoms. The van der Waals surface area contributed by atoms with Gasteiger partial charge in [0.2, 0.25) is 5.89 Å². The number of amides is 2. The molecule has 1 aliphatic rings. The van der Waals surface area contributed by atoms with Gasteiger partial charge < -0.3 is 20.3 Å². The largest absolute Gasteiger partial charge is 0.396 e. The Kier molecular flexibility index (Phi) is 5.76. The second-order valence-corrected chi connectivity index (χ2v) is 6.37. The molecular weight excluding hydrogens is 284 g/mol. The monoisotopic (exact) mass is 310 g/mol. The Hall–Kier alpha value is -1.63. The van der Waals surface area contributed by atoms with E-state index >= 15 is 0 Å². The molecule has 3 N–H and O–H groups in total. The summed E-state index contributed by atoms with van der Waals surface area (Å²) in [7, 11) is 0. The van der Waals surface area contributed by atoms with E-state index in [0.717, 1.165) is 25.1 Å². The molecule has 1 fully saturated rings. The molecule has 0 aromatic carbocycles. The van der Waals surface area contributed by atoms with Crippen LogP contribution in [0.15, 0.2) is 4.52 Å². The molecule has 7 nitrogen and oxygen atoms in total. The van der Waals surface area contributed by atoms with Crippen molar-refractivity contribution in [3.05, 3.63) is 11.7 Å². The van der Waals surface area contributed by atoms with Gasteiger partial charge in [0.25, 0.3) is 0 Å². The summed E-state index contributed by atoms with van der Waals surface area (Å²) in [6, 6.07) is -0.551. The average molecular weight is 310 g/mol. The number of hydrogen-bond donors (Lipinski definition) is 3. The number of aliphatic hydroxyl groups is 1. The quantitative estimate of drug-likeness (QED) is 0.682. The molecule has 1 aliphatic carbocycles. The summed E-state index contributed by atoms with van der Waals surface area (Å²) in [5.74, 6) is 1.79. The minimum atomic E-state index is -0.301. The molecular formula is C15H26N4O3. The molecule has 0 spiro atoms. The molecule has 2 unspecified atom stereocenters. The minimum absolute atomic E-state index is 0.00433. The molecule has 0 radical (unpaired) electrons. The van der Waals surface area contributed by atoms with E-state index in [9.17, 15) is 4.79 Å². The van der Waals surface area contributed by atoms with Crippen LogP contribution in [0.1, 0.15) is 70.1 Å². The van der Waals surface area contributed by atoms with Crippen molar-refractivity contribution >= 4 is 6.03 Å². The van der Waals surface area contributed by atoms with Crippen LogP contribution in [0.25, 0.3) is 0 Å². The van der Waals surface area contributed by atoms with Crippen molar-refractivity contribution in [1.82, 2.24) is 20.8 Å². The Bertz CT molecular complexity index is 485. The van der Waals surface area contributed by atoms with Gasteiger partial charge in [0.15, 0.2) is 5.82 Å². The van der Waals surface area contributed by atoms with Crippen molar-refractivity contribution in [1.29, 1.82) is 0 Å². The Labute approximate surface area is 130 Å². The molecule has 0 saturated heterocycles. The van der Waals surface area contributed by atoms with E-state index in [2.05, 4.69) is 20.8 Å². The van der Waals surface area contributed by atoms with Gasteiger partial charge >= 0.3 is 6.03 Å². The first-order chi connectivity index (χ1) is 10.5. The van der Waals surface area contributed by atoms with Gasteiger partial charge in [-0.15, -0.1) is 0 Å². The third kappa shape index (κ3) is 4.69. The summed E-state index contributed by atoms with van der Waals surface area (Å²) in [6.45, 7) is 6.05. The van der Waals surface area contributed by atoms with Crippen molar-refractivity contribution < 1.29 is 14.4 Å². The fourth-order valence-corrected chi connectivity index (χ4v) is 2.27. The number of nitrogens with one attached hydrogen (secondary N) is 2. The zero-order chi connectivity index (χ0) is 16.1. The van der Waals surface area contributed by atoms with Crippen LogP contribution in [0.4, 0.5) is 4.79 Å². The van der Waals surface area contributed by atoms with Gasteiger partial charge in [-0.2, -0.15) is 4.98 Å². The molecule has 0 aliphatic heterocycles. The zero-order valence-corrected chi connectivity index (χ0v) is 13.5. The van der Waals surface area contributed by atoms with Gasteiger partial charge in [-0.3, -0.25) is 0 Å². The molecule has 1 heterocycles. The maximum Gasteiger partial charge on any atom is 0.315 e. The van der Waals surface area contributed by atoms with E-state index in [4.69, 9.17) is 9.63 Å². The lowest BCUT2D eigenvalue weighted by Gasteiger charge is -2.21. The van der Waals surface area contributed by atoms with Crippen molar-refractivity contribution in [2.45, 2.75) is 64.5 Å². The number of aliphatic hydroxyl groups excluding tert-OH is 1. The first kappa shape index (κ1) is 16.7. The first-order valence-electron chi connectivity index (χ1n) is 8.02. The standard InChI is InChI=1S/C15H26N4O3/c1-9(2)12(14-18-13(19-22-14)11-6-7-11)17-15(21)16-10(3)5-4-8-20/h9-12,20H,4-8H2,1-3H3,(H2,16,17,21). The molecule has 1 aromatic heterocycles. The fraction of sp³-hybridized carbons (Fsp3) is 0.800. The normalized spacial score (nSPS) is 17.3. The molecule has 2 amide bonds. The number of hydrogen-bond acceptors (Lipinski definition) is 5. The SMILES string of the molecule is CC(CCCO)NC(=O)NC(c1nc(C2CC2)no1)C(C)C. The first-order valence-corrected chi connectivity index (χ1v) is 8.02. The lowest BCUT2D eigenvalue weighted by Crippen LogP contribution is -2.43. The van der Waals surface area contributed by atoms with Crippen LogP contribution in [-0.4, -0.2) is 33.9 Å². The molecule has 0 bridgehead atoms. The number of aromatic nitrogens is 2. The number of nitrogens with zero attached hydrogens (tertiary/aromatic N) is 2. The molecule has 2 rings (SSSR count). The van der Waals surface area contributed by atoms with Crippen LogP contribution in [0, 0.1) is 5.92 Å². The topological polar surface area (TPSA) is 100 Å². The summed E-state index contributed by atoms with van der Waals surface area (Å²) < 4.78 is 5.32. The molecule has 7 heteroatoms. The Morgan fingerprint density at radius 2 is 2.09 bits per heavy atom. The van der Waals surface area contributed by atoms with Crippen molar-refractivity contribution in [3.8, 4) is 0 Å². The van der Waals surface area contributed by atoms with Crippen molar-refractivity contribution in [3.63, 3.8) is 0 Å². The molecule has 1 aromatic rings. The third-order valence-corrected chi connectivity index (χ3v) is 3.79. The smallest absolute Gasteiger partial charge is 0.315 e. The number of carbonyl (C=O) groups is 1. The number of carbonyl (C=O) groups excluding carboxylic acids is 1. The highest BCUT2D eigenvalue weighted by atomic mass is 16.5. The number of rotatable bonds is 8. The van der Waals surface area contributed by atoms with Gasteiger partial charge in [0, 0.05) is 18.6 Å². The third-order valence-electron chi connectivity index (χ3n) is 3.79. The predicted molar refractivity (Wildman–Crippen MR) is 81.3 cm³/mol. The van der Waals surface area contributed by atoms with Crippen LogP contribution in [0.2, 0.25) is 0 Å². The van der Waals surface area contributed by atoms with E-state index in [1.54, 1.807) is 0 Å². The minimum Gasteiger partial charge on any atom is -0.396 e. The maximum atomic E-state index is 12.1. The highest BCUT2D eigenvalue weighted by Gasteiger charge is 2.31. The van der Waals surface area contributed by atoms with Gasteiger partial charge in [0.1, 0.15) is 6.04 Å². The highest BCUT2D eigenvalue weighted by molar-refractivity contribution is 5.74. The Morgan fingerprint density at radius 1 is 1.36 bits per heavy atom. The van der Waals surface area contributed by atoms with Crippen LogP contribution < -0.4 is 10.6 Å². The van der Waals surface area contributed by atoms with Gasteiger partial charge in [-0.1, -0.05) is 19.0 Å². The summed E-state index contributed by atoms with van der Waals surface area (Å²) in [4.78, 5) is 16.5. The van der Waals surface area contributed by atoms with Crippen LogP contribution >= 0.6 is 0 Å². The number of urea groups is 1. The van der Waals surface area contributed by atoms with Crippen molar-refractivity contribution in [2.24, 2.45) is 5.92 Å². The fourth-order valence-electron chi connectivity index (χ4n) is 2.27. The summed E-state index contributed by atoms with van der Waals surface area (Å²) in [5.41, 5.74) is 0. The van der Waals surface area contributed by atoms with E-state index in [1.807, 2.05) is 20.8 Å². The Morgan fingerprint density at radius 3 is 2.68 bits per heavy atom.